The second kappa shape index (κ2) is 8.53. The molecule has 0 amide bonds. The van der Waals surface area contributed by atoms with Gasteiger partial charge in [-0.3, -0.25) is 9.78 Å². The smallest absolute Gasteiger partial charge is 0.255 e. The third kappa shape index (κ3) is 4.73. The van der Waals surface area contributed by atoms with Crippen molar-refractivity contribution in [3.05, 3.63) is 46.4 Å². The van der Waals surface area contributed by atoms with Crippen molar-refractivity contribution in [3.8, 4) is 11.5 Å². The molecule has 0 spiro atoms. The normalized spacial score (nSPS) is 13.2. The molecule has 1 aliphatic heterocycles. The number of ether oxygens (including phenoxy) is 2. The van der Waals surface area contributed by atoms with Gasteiger partial charge in [0.05, 0.1) is 6.42 Å². The lowest BCUT2D eigenvalue weighted by atomic mass is 10.2. The summed E-state index contributed by atoms with van der Waals surface area (Å²) in [4.78, 5) is 19.2. The average molecular weight is 345 g/mol. The highest BCUT2D eigenvalue weighted by molar-refractivity contribution is 5.42. The van der Waals surface area contributed by atoms with Crippen LogP contribution < -0.4 is 20.3 Å². The number of anilines is 1. The topological polar surface area (TPSA) is 96.5 Å². The summed E-state index contributed by atoms with van der Waals surface area (Å²) in [5, 5.41) is 11.8. The van der Waals surface area contributed by atoms with E-state index in [-0.39, 0.29) is 12.2 Å². The van der Waals surface area contributed by atoms with Crippen LogP contribution in [0.1, 0.15) is 31.2 Å². The molecule has 7 nitrogen and oxygen atoms in total. The molecule has 2 aromatic rings. The summed E-state index contributed by atoms with van der Waals surface area (Å²) in [7, 11) is 0. The van der Waals surface area contributed by atoms with Gasteiger partial charge in [-0.15, -0.1) is 0 Å². The van der Waals surface area contributed by atoms with Crippen LogP contribution in [0, 0.1) is 0 Å². The number of unbranched alkanes of at least 4 members (excludes halogenated alkanes) is 3. The first-order chi connectivity index (χ1) is 12.3. The van der Waals surface area contributed by atoms with E-state index in [4.69, 9.17) is 14.6 Å². The number of aliphatic hydroxyl groups is 1. The molecule has 0 atom stereocenters. The number of benzene rings is 1. The number of hydrogen-bond acceptors (Lipinski definition) is 6. The molecule has 0 saturated carbocycles. The van der Waals surface area contributed by atoms with Crippen molar-refractivity contribution in [2.45, 2.75) is 38.4 Å². The van der Waals surface area contributed by atoms with E-state index < -0.39 is 6.29 Å². The standard InChI is InChI=1S/C18H23N3O4/c22-10-6-2-1-5-9-19-18-20-12-13(17(23)21-18)11-16-24-14-7-3-4-8-15(14)25-16/h3-4,7-8,12,16,22H,1-2,5-6,9-11H2,(H2,19,20,21,23). The van der Waals surface area contributed by atoms with Crippen molar-refractivity contribution in [2.24, 2.45) is 0 Å². The monoisotopic (exact) mass is 345 g/mol. The van der Waals surface area contributed by atoms with Crippen LogP contribution in [0.3, 0.4) is 0 Å². The molecule has 2 heterocycles. The van der Waals surface area contributed by atoms with Gasteiger partial charge in [-0.05, 0) is 25.0 Å². The second-order valence-corrected chi connectivity index (χ2v) is 5.97. The quantitative estimate of drug-likeness (QED) is 0.602. The zero-order chi connectivity index (χ0) is 17.5. The van der Waals surface area contributed by atoms with E-state index in [1.807, 2.05) is 24.3 Å². The van der Waals surface area contributed by atoms with Crippen molar-refractivity contribution in [1.29, 1.82) is 0 Å². The summed E-state index contributed by atoms with van der Waals surface area (Å²) in [5.41, 5.74) is 0.326. The number of fused-ring (bicyclic) bond motifs is 1. The Morgan fingerprint density at radius 1 is 1.12 bits per heavy atom. The van der Waals surface area contributed by atoms with E-state index in [0.29, 0.717) is 29.4 Å². The molecule has 0 bridgehead atoms. The molecule has 1 aromatic heterocycles. The first kappa shape index (κ1) is 17.3. The molecular weight excluding hydrogens is 322 g/mol. The maximum absolute atomic E-state index is 12.2. The Labute approximate surface area is 146 Å². The van der Waals surface area contributed by atoms with E-state index in [1.165, 1.54) is 0 Å². The lowest BCUT2D eigenvalue weighted by Crippen LogP contribution is -2.26. The lowest BCUT2D eigenvalue weighted by Gasteiger charge is -2.10. The van der Waals surface area contributed by atoms with Gasteiger partial charge in [-0.2, -0.15) is 0 Å². The largest absolute Gasteiger partial charge is 0.451 e. The molecule has 3 rings (SSSR count). The van der Waals surface area contributed by atoms with Crippen LogP contribution in [0.5, 0.6) is 11.5 Å². The van der Waals surface area contributed by atoms with Gasteiger partial charge in [-0.1, -0.05) is 25.0 Å². The third-order valence-electron chi connectivity index (χ3n) is 4.00. The Balaban J connectivity index is 1.48. The number of hydrogen-bond donors (Lipinski definition) is 3. The molecule has 1 aromatic carbocycles. The molecule has 7 heteroatoms. The minimum absolute atomic E-state index is 0.194. The lowest BCUT2D eigenvalue weighted by molar-refractivity contribution is 0.0499. The Morgan fingerprint density at radius 3 is 2.52 bits per heavy atom. The maximum Gasteiger partial charge on any atom is 0.255 e. The molecule has 0 saturated heterocycles. The van der Waals surface area contributed by atoms with Crippen LogP contribution in [0.15, 0.2) is 35.3 Å². The molecule has 3 N–H and O–H groups in total. The summed E-state index contributed by atoms with van der Waals surface area (Å²) in [6.07, 6.45) is 5.22. The summed E-state index contributed by atoms with van der Waals surface area (Å²) in [5.74, 6) is 1.85. The number of nitrogens with zero attached hydrogens (tertiary/aromatic N) is 1. The van der Waals surface area contributed by atoms with Crippen molar-refractivity contribution in [1.82, 2.24) is 9.97 Å². The minimum atomic E-state index is -0.509. The summed E-state index contributed by atoms with van der Waals surface area (Å²) < 4.78 is 11.3. The number of nitrogens with one attached hydrogen (secondary N) is 2. The third-order valence-corrected chi connectivity index (χ3v) is 4.00. The molecule has 134 valence electrons. The van der Waals surface area contributed by atoms with Gasteiger partial charge in [0.2, 0.25) is 12.2 Å². The Kier molecular flexibility index (Phi) is 5.90. The average Bonchev–Trinajstić information content (AvgIpc) is 3.02. The number of aromatic amines is 1. The SMILES string of the molecule is O=c1[nH]c(NCCCCCCO)ncc1CC1Oc2ccccc2O1. The highest BCUT2D eigenvalue weighted by atomic mass is 16.7. The van der Waals surface area contributed by atoms with E-state index in [9.17, 15) is 4.79 Å². The van der Waals surface area contributed by atoms with Crippen LogP contribution >= 0.6 is 0 Å². The number of aromatic nitrogens is 2. The summed E-state index contributed by atoms with van der Waals surface area (Å²) >= 11 is 0. The van der Waals surface area contributed by atoms with Gasteiger partial charge >= 0.3 is 0 Å². The second-order valence-electron chi connectivity index (χ2n) is 5.97. The molecule has 0 aliphatic carbocycles. The van der Waals surface area contributed by atoms with Crippen LogP contribution in [0.4, 0.5) is 5.95 Å². The van der Waals surface area contributed by atoms with Crippen molar-refractivity contribution in [3.63, 3.8) is 0 Å². The summed E-state index contributed by atoms with van der Waals surface area (Å²) in [6.45, 7) is 0.973. The van der Waals surface area contributed by atoms with Crippen LogP contribution in [0.25, 0.3) is 0 Å². The van der Waals surface area contributed by atoms with E-state index in [2.05, 4.69) is 15.3 Å². The Morgan fingerprint density at radius 2 is 1.84 bits per heavy atom. The zero-order valence-corrected chi connectivity index (χ0v) is 14.0. The predicted octanol–water partition coefficient (Wildman–Crippen LogP) is 2.07. The van der Waals surface area contributed by atoms with Gasteiger partial charge < -0.3 is 19.9 Å². The fourth-order valence-corrected chi connectivity index (χ4v) is 2.67. The van der Waals surface area contributed by atoms with Gasteiger partial charge in [0.1, 0.15) is 0 Å². The van der Waals surface area contributed by atoms with E-state index >= 15 is 0 Å². The molecule has 1 aliphatic rings. The molecule has 0 radical (unpaired) electrons. The highest BCUT2D eigenvalue weighted by Gasteiger charge is 2.24. The zero-order valence-electron chi connectivity index (χ0n) is 14.0. The number of rotatable bonds is 9. The first-order valence-corrected chi connectivity index (χ1v) is 8.61. The highest BCUT2D eigenvalue weighted by Crippen LogP contribution is 2.34. The van der Waals surface area contributed by atoms with Gasteiger partial charge in [0, 0.05) is 24.9 Å². The molecule has 25 heavy (non-hydrogen) atoms. The Bertz CT molecular complexity index is 722. The number of H-pyrrole nitrogens is 1. The summed E-state index contributed by atoms with van der Waals surface area (Å²) in [6, 6.07) is 7.43. The van der Waals surface area contributed by atoms with E-state index in [0.717, 1.165) is 32.2 Å². The van der Waals surface area contributed by atoms with Crippen molar-refractivity contribution < 1.29 is 14.6 Å². The van der Waals surface area contributed by atoms with Crippen molar-refractivity contribution >= 4 is 5.95 Å². The van der Waals surface area contributed by atoms with Crippen LogP contribution in [0.2, 0.25) is 0 Å². The Hall–Kier alpha value is -2.54. The fraction of sp³-hybridized carbons (Fsp3) is 0.444. The van der Waals surface area contributed by atoms with Gasteiger partial charge in [-0.25, -0.2) is 4.98 Å². The predicted molar refractivity (Wildman–Crippen MR) is 94.1 cm³/mol. The first-order valence-electron chi connectivity index (χ1n) is 8.61. The maximum atomic E-state index is 12.2. The van der Waals surface area contributed by atoms with Crippen LogP contribution in [-0.4, -0.2) is 34.5 Å². The molecule has 0 fully saturated rings. The van der Waals surface area contributed by atoms with Crippen LogP contribution in [-0.2, 0) is 6.42 Å². The van der Waals surface area contributed by atoms with E-state index in [1.54, 1.807) is 6.20 Å². The fourth-order valence-electron chi connectivity index (χ4n) is 2.67. The molecular formula is C18H23N3O4. The van der Waals surface area contributed by atoms with Gasteiger partial charge in [0.15, 0.2) is 11.5 Å². The van der Waals surface area contributed by atoms with Gasteiger partial charge in [0.25, 0.3) is 5.56 Å². The number of para-hydroxylation sites is 2. The molecule has 0 unspecified atom stereocenters. The number of aliphatic hydroxyl groups excluding tert-OH is 1. The minimum Gasteiger partial charge on any atom is -0.451 e. The van der Waals surface area contributed by atoms with Crippen molar-refractivity contribution in [2.75, 3.05) is 18.5 Å².